The lowest BCUT2D eigenvalue weighted by atomic mass is 10.2. The average Bonchev–Trinajstić information content (AvgIpc) is 2.37. The van der Waals surface area contributed by atoms with E-state index in [9.17, 15) is 15.0 Å². The molecular formula is C14H11NO4. The zero-order chi connectivity index (χ0) is 13.8. The van der Waals surface area contributed by atoms with Crippen LogP contribution in [-0.4, -0.2) is 27.5 Å². The second kappa shape index (κ2) is 5.22. The second-order valence-corrected chi connectivity index (χ2v) is 3.82. The first kappa shape index (κ1) is 12.6. The van der Waals surface area contributed by atoms with Crippen LogP contribution >= 0.6 is 0 Å². The Bertz CT molecular complexity index is 650. The quantitative estimate of drug-likeness (QED) is 0.737. The molecule has 3 N–H and O–H groups in total. The second-order valence-electron chi connectivity index (χ2n) is 3.82. The molecule has 0 aliphatic rings. The number of phenols is 2. The number of benzene rings is 2. The van der Waals surface area contributed by atoms with Crippen LogP contribution in [0.15, 0.2) is 47.5 Å². The maximum absolute atomic E-state index is 10.7. The topological polar surface area (TPSA) is 90.1 Å². The van der Waals surface area contributed by atoms with Crippen LogP contribution in [0, 0.1) is 0 Å². The third kappa shape index (κ3) is 2.90. The number of aromatic carboxylic acids is 1. The van der Waals surface area contributed by atoms with E-state index in [1.807, 2.05) is 0 Å². The molecule has 0 heterocycles. The number of carboxylic acids is 1. The number of aromatic hydroxyl groups is 2. The summed E-state index contributed by atoms with van der Waals surface area (Å²) in [5, 5.41) is 27.8. The van der Waals surface area contributed by atoms with E-state index in [4.69, 9.17) is 5.11 Å². The summed E-state index contributed by atoms with van der Waals surface area (Å²) in [7, 11) is 0. The first-order valence-corrected chi connectivity index (χ1v) is 5.46. The van der Waals surface area contributed by atoms with Gasteiger partial charge in [0.05, 0.1) is 5.69 Å². The summed E-state index contributed by atoms with van der Waals surface area (Å²) in [5.74, 6) is -1.45. The first-order valence-electron chi connectivity index (χ1n) is 5.46. The molecule has 0 radical (unpaired) electrons. The number of para-hydroxylation sites is 1. The lowest BCUT2D eigenvalue weighted by molar-refractivity contribution is 0.0694. The van der Waals surface area contributed by atoms with Crippen LogP contribution in [0.4, 0.5) is 5.69 Å². The fourth-order valence-electron chi connectivity index (χ4n) is 1.52. The molecule has 0 atom stereocenters. The van der Waals surface area contributed by atoms with Crippen LogP contribution in [0.25, 0.3) is 0 Å². The minimum atomic E-state index is -1.20. The van der Waals surface area contributed by atoms with Gasteiger partial charge < -0.3 is 15.3 Å². The van der Waals surface area contributed by atoms with Crippen molar-refractivity contribution in [2.24, 2.45) is 4.99 Å². The average molecular weight is 257 g/mol. The van der Waals surface area contributed by atoms with Gasteiger partial charge in [-0.3, -0.25) is 4.99 Å². The minimum Gasteiger partial charge on any atom is -0.507 e. The third-order valence-electron chi connectivity index (χ3n) is 2.50. The zero-order valence-electron chi connectivity index (χ0n) is 9.82. The summed E-state index contributed by atoms with van der Waals surface area (Å²) in [6, 6.07) is 10.7. The predicted molar refractivity (Wildman–Crippen MR) is 70.4 cm³/mol. The van der Waals surface area contributed by atoms with Gasteiger partial charge in [0.25, 0.3) is 0 Å². The largest absolute Gasteiger partial charge is 0.507 e. The fourth-order valence-corrected chi connectivity index (χ4v) is 1.52. The smallest absolute Gasteiger partial charge is 0.339 e. The van der Waals surface area contributed by atoms with Crippen molar-refractivity contribution >= 4 is 17.9 Å². The highest BCUT2D eigenvalue weighted by molar-refractivity contribution is 5.91. The lowest BCUT2D eigenvalue weighted by Crippen LogP contribution is -1.95. The molecule has 2 aromatic rings. The molecule has 2 rings (SSSR count). The van der Waals surface area contributed by atoms with Gasteiger partial charge in [0.1, 0.15) is 17.1 Å². The van der Waals surface area contributed by atoms with E-state index in [-0.39, 0.29) is 17.1 Å². The maximum atomic E-state index is 10.7. The van der Waals surface area contributed by atoms with Crippen molar-refractivity contribution in [3.05, 3.63) is 53.6 Å². The molecule has 0 unspecified atom stereocenters. The van der Waals surface area contributed by atoms with Crippen molar-refractivity contribution in [3.8, 4) is 11.5 Å². The Morgan fingerprint density at radius 1 is 1.05 bits per heavy atom. The van der Waals surface area contributed by atoms with Gasteiger partial charge in [-0.2, -0.15) is 0 Å². The van der Waals surface area contributed by atoms with Gasteiger partial charge in [-0.15, -0.1) is 0 Å². The molecule has 0 aromatic heterocycles. The zero-order valence-corrected chi connectivity index (χ0v) is 9.82. The van der Waals surface area contributed by atoms with Crippen molar-refractivity contribution in [1.82, 2.24) is 0 Å². The molecule has 0 saturated carbocycles. The maximum Gasteiger partial charge on any atom is 0.339 e. The van der Waals surface area contributed by atoms with E-state index in [0.29, 0.717) is 11.3 Å². The summed E-state index contributed by atoms with van der Waals surface area (Å²) in [6.45, 7) is 0. The normalized spacial score (nSPS) is 10.7. The highest BCUT2D eigenvalue weighted by atomic mass is 16.4. The Hall–Kier alpha value is -2.82. The third-order valence-corrected chi connectivity index (χ3v) is 2.50. The summed E-state index contributed by atoms with van der Waals surface area (Å²) >= 11 is 0. The Labute approximate surface area is 109 Å². The highest BCUT2D eigenvalue weighted by Gasteiger charge is 2.08. The summed E-state index contributed by atoms with van der Waals surface area (Å²) < 4.78 is 0. The van der Waals surface area contributed by atoms with Gasteiger partial charge in [0.15, 0.2) is 0 Å². The number of rotatable bonds is 3. The van der Waals surface area contributed by atoms with E-state index in [0.717, 1.165) is 0 Å². The number of hydrogen-bond donors (Lipinski definition) is 3. The molecule has 0 aliphatic heterocycles. The molecule has 0 aliphatic carbocycles. The summed E-state index contributed by atoms with van der Waals surface area (Å²) in [5.41, 5.74) is 0.747. The van der Waals surface area contributed by atoms with Crippen LogP contribution in [-0.2, 0) is 0 Å². The lowest BCUT2D eigenvalue weighted by Gasteiger charge is -2.01. The minimum absolute atomic E-state index is 0.0950. The number of nitrogens with zero attached hydrogens (tertiary/aromatic N) is 1. The van der Waals surface area contributed by atoms with E-state index in [1.54, 1.807) is 18.2 Å². The number of carboxylic acid groups (broad SMARTS) is 1. The molecule has 96 valence electrons. The first-order chi connectivity index (χ1) is 9.08. The van der Waals surface area contributed by atoms with Crippen molar-refractivity contribution in [3.63, 3.8) is 0 Å². The Kier molecular flexibility index (Phi) is 3.47. The van der Waals surface area contributed by atoms with Crippen molar-refractivity contribution in [1.29, 1.82) is 0 Å². The van der Waals surface area contributed by atoms with E-state index in [1.165, 1.54) is 30.5 Å². The SMILES string of the molecule is O=C(O)c1ccc(N=Cc2ccccc2O)cc1O. The van der Waals surface area contributed by atoms with E-state index >= 15 is 0 Å². The van der Waals surface area contributed by atoms with Crippen LogP contribution in [0.3, 0.4) is 0 Å². The number of carbonyl (C=O) groups is 1. The molecule has 5 heteroatoms. The Balaban J connectivity index is 2.27. The number of hydrogen-bond acceptors (Lipinski definition) is 4. The van der Waals surface area contributed by atoms with Gasteiger partial charge in [-0.05, 0) is 24.3 Å². The molecule has 0 spiro atoms. The fraction of sp³-hybridized carbons (Fsp3) is 0. The summed E-state index contributed by atoms with van der Waals surface area (Å²) in [6.07, 6.45) is 1.44. The van der Waals surface area contributed by atoms with Gasteiger partial charge in [-0.25, -0.2) is 4.79 Å². The van der Waals surface area contributed by atoms with Gasteiger partial charge in [0, 0.05) is 17.8 Å². The Morgan fingerprint density at radius 2 is 1.79 bits per heavy atom. The van der Waals surface area contributed by atoms with Crippen LogP contribution < -0.4 is 0 Å². The number of aliphatic imine (C=N–C) groups is 1. The van der Waals surface area contributed by atoms with Crippen molar-refractivity contribution in [2.75, 3.05) is 0 Å². The molecule has 0 fully saturated rings. The monoisotopic (exact) mass is 257 g/mol. The molecule has 19 heavy (non-hydrogen) atoms. The standard InChI is InChI=1S/C14H11NO4/c16-12-4-2-1-3-9(12)8-15-10-5-6-11(14(18)19)13(17)7-10/h1-8,16-17H,(H,18,19). The van der Waals surface area contributed by atoms with Crippen LogP contribution in [0.5, 0.6) is 11.5 Å². The van der Waals surface area contributed by atoms with Crippen LogP contribution in [0.2, 0.25) is 0 Å². The van der Waals surface area contributed by atoms with E-state index < -0.39 is 5.97 Å². The van der Waals surface area contributed by atoms with E-state index in [2.05, 4.69) is 4.99 Å². The van der Waals surface area contributed by atoms with Crippen molar-refractivity contribution < 1.29 is 20.1 Å². The van der Waals surface area contributed by atoms with Gasteiger partial charge >= 0.3 is 5.97 Å². The van der Waals surface area contributed by atoms with Crippen molar-refractivity contribution in [2.45, 2.75) is 0 Å². The summed E-state index contributed by atoms with van der Waals surface area (Å²) in [4.78, 5) is 14.8. The van der Waals surface area contributed by atoms with Gasteiger partial charge in [-0.1, -0.05) is 12.1 Å². The van der Waals surface area contributed by atoms with Crippen LogP contribution in [0.1, 0.15) is 15.9 Å². The molecule has 5 nitrogen and oxygen atoms in total. The molecule has 0 amide bonds. The Morgan fingerprint density at radius 3 is 2.42 bits per heavy atom. The molecule has 0 bridgehead atoms. The molecular weight excluding hydrogens is 246 g/mol. The highest BCUT2D eigenvalue weighted by Crippen LogP contribution is 2.24. The van der Waals surface area contributed by atoms with Gasteiger partial charge in [0.2, 0.25) is 0 Å². The predicted octanol–water partition coefficient (Wildman–Crippen LogP) is 2.55. The molecule has 0 saturated heterocycles. The number of phenolic OH excluding ortho intramolecular Hbond substituents is 1. The molecule has 2 aromatic carbocycles.